The molecule has 3 rings (SSSR count). The van der Waals surface area contributed by atoms with Crippen LogP contribution in [0.3, 0.4) is 0 Å². The van der Waals surface area contributed by atoms with E-state index in [-0.39, 0.29) is 17.9 Å². The van der Waals surface area contributed by atoms with Gasteiger partial charge in [0, 0.05) is 12.8 Å². The van der Waals surface area contributed by atoms with Crippen LogP contribution in [0.25, 0.3) is 10.8 Å². The average Bonchev–Trinajstić information content (AvgIpc) is 2.46. The molecule has 1 saturated carbocycles. The molecule has 1 fully saturated rings. The lowest BCUT2D eigenvalue weighted by atomic mass is 9.96. The van der Waals surface area contributed by atoms with Gasteiger partial charge in [-0.3, -0.25) is 4.79 Å². The third-order valence-electron chi connectivity index (χ3n) is 3.72. The number of carbonyl (C=O) groups is 2. The maximum absolute atomic E-state index is 12.3. The molecular formula is C17H16O3. The van der Waals surface area contributed by atoms with Gasteiger partial charge in [0.2, 0.25) is 0 Å². The first kappa shape index (κ1) is 12.9. The predicted octanol–water partition coefficient (Wildman–Crippen LogP) is 3.51. The van der Waals surface area contributed by atoms with Crippen LogP contribution >= 0.6 is 0 Å². The second kappa shape index (κ2) is 5.45. The van der Waals surface area contributed by atoms with Crippen molar-refractivity contribution in [1.29, 1.82) is 0 Å². The molecule has 0 radical (unpaired) electrons. The molecule has 0 amide bonds. The number of carbonyl (C=O) groups excluding carboxylic acids is 2. The van der Waals surface area contributed by atoms with E-state index >= 15 is 0 Å². The summed E-state index contributed by atoms with van der Waals surface area (Å²) in [6.45, 7) is 0. The third-order valence-corrected chi connectivity index (χ3v) is 3.72. The summed E-state index contributed by atoms with van der Waals surface area (Å²) in [5.74, 6) is -0.145. The topological polar surface area (TPSA) is 43.4 Å². The highest BCUT2D eigenvalue weighted by atomic mass is 16.5. The summed E-state index contributed by atoms with van der Waals surface area (Å²) in [4.78, 5) is 23.7. The zero-order valence-electron chi connectivity index (χ0n) is 11.2. The van der Waals surface area contributed by atoms with Crippen LogP contribution in [-0.2, 0) is 9.53 Å². The number of hydrogen-bond donors (Lipinski definition) is 0. The summed E-state index contributed by atoms with van der Waals surface area (Å²) in [5, 5.41) is 1.91. The molecule has 0 N–H and O–H groups in total. The number of hydrogen-bond acceptors (Lipinski definition) is 3. The predicted molar refractivity (Wildman–Crippen MR) is 76.6 cm³/mol. The minimum atomic E-state index is -0.332. The van der Waals surface area contributed by atoms with Gasteiger partial charge >= 0.3 is 5.97 Å². The standard InChI is InChI=1S/C17H16O3/c18-13-7-4-8-14(11-13)20-17(19)16-10-3-6-12-5-1-2-9-15(12)16/h1-3,5-6,9-10,14H,4,7-8,11H2. The van der Waals surface area contributed by atoms with Gasteiger partial charge in [-0.2, -0.15) is 0 Å². The number of esters is 1. The Bertz CT molecular complexity index is 655. The van der Waals surface area contributed by atoms with Crippen LogP contribution in [0.1, 0.15) is 36.0 Å². The highest BCUT2D eigenvalue weighted by molar-refractivity contribution is 6.04. The third kappa shape index (κ3) is 2.57. The molecule has 3 nitrogen and oxygen atoms in total. The molecule has 20 heavy (non-hydrogen) atoms. The van der Waals surface area contributed by atoms with E-state index < -0.39 is 0 Å². The van der Waals surface area contributed by atoms with Gasteiger partial charge in [-0.05, 0) is 29.7 Å². The maximum Gasteiger partial charge on any atom is 0.339 e. The summed E-state index contributed by atoms with van der Waals surface area (Å²) in [5.41, 5.74) is 0.570. The Kier molecular flexibility index (Phi) is 3.50. The van der Waals surface area contributed by atoms with Gasteiger partial charge in [-0.15, -0.1) is 0 Å². The van der Waals surface area contributed by atoms with Crippen LogP contribution in [0.5, 0.6) is 0 Å². The van der Waals surface area contributed by atoms with Crippen molar-refractivity contribution in [2.45, 2.75) is 31.8 Å². The van der Waals surface area contributed by atoms with Crippen LogP contribution in [0.2, 0.25) is 0 Å². The zero-order chi connectivity index (χ0) is 13.9. The Morgan fingerprint density at radius 3 is 2.75 bits per heavy atom. The van der Waals surface area contributed by atoms with Gasteiger partial charge in [-0.25, -0.2) is 4.79 Å². The molecule has 0 saturated heterocycles. The lowest BCUT2D eigenvalue weighted by Crippen LogP contribution is -2.25. The van der Waals surface area contributed by atoms with E-state index in [4.69, 9.17) is 4.74 Å². The van der Waals surface area contributed by atoms with E-state index in [1.807, 2.05) is 36.4 Å². The van der Waals surface area contributed by atoms with Crippen molar-refractivity contribution >= 4 is 22.5 Å². The summed E-state index contributed by atoms with van der Waals surface area (Å²) in [6.07, 6.45) is 2.30. The first-order valence-electron chi connectivity index (χ1n) is 6.94. The minimum Gasteiger partial charge on any atom is -0.458 e. The van der Waals surface area contributed by atoms with Crippen molar-refractivity contribution < 1.29 is 14.3 Å². The summed E-state index contributed by atoms with van der Waals surface area (Å²) >= 11 is 0. The van der Waals surface area contributed by atoms with Crippen molar-refractivity contribution in [1.82, 2.24) is 0 Å². The lowest BCUT2D eigenvalue weighted by Gasteiger charge is -2.21. The van der Waals surface area contributed by atoms with Crippen LogP contribution in [0, 0.1) is 0 Å². The Morgan fingerprint density at radius 2 is 1.90 bits per heavy atom. The number of ether oxygens (including phenoxy) is 1. The zero-order valence-corrected chi connectivity index (χ0v) is 11.2. The quantitative estimate of drug-likeness (QED) is 0.783. The number of rotatable bonds is 2. The van der Waals surface area contributed by atoms with E-state index in [0.29, 0.717) is 18.4 Å². The van der Waals surface area contributed by atoms with E-state index in [0.717, 1.165) is 23.6 Å². The van der Waals surface area contributed by atoms with Crippen LogP contribution < -0.4 is 0 Å². The number of benzene rings is 2. The van der Waals surface area contributed by atoms with Gasteiger partial charge < -0.3 is 4.74 Å². The van der Waals surface area contributed by atoms with Crippen LogP contribution in [-0.4, -0.2) is 17.9 Å². The van der Waals surface area contributed by atoms with Gasteiger partial charge in [0.25, 0.3) is 0 Å². The monoisotopic (exact) mass is 268 g/mol. The van der Waals surface area contributed by atoms with Crippen molar-refractivity contribution in [2.75, 3.05) is 0 Å². The van der Waals surface area contributed by atoms with Gasteiger partial charge in [0.1, 0.15) is 11.9 Å². The molecule has 3 heteroatoms. The SMILES string of the molecule is O=C1CCCC(OC(=O)c2cccc3ccccc23)C1. The lowest BCUT2D eigenvalue weighted by molar-refractivity contribution is -0.123. The van der Waals surface area contributed by atoms with Crippen molar-refractivity contribution in [3.63, 3.8) is 0 Å². The van der Waals surface area contributed by atoms with Crippen molar-refractivity contribution in [2.24, 2.45) is 0 Å². The molecule has 0 aliphatic heterocycles. The fourth-order valence-electron chi connectivity index (χ4n) is 2.70. The number of Topliss-reactive ketones (excluding diaryl/α,β-unsaturated/α-hetero) is 1. The molecule has 0 aromatic heterocycles. The van der Waals surface area contributed by atoms with E-state index in [2.05, 4.69) is 0 Å². The fourth-order valence-corrected chi connectivity index (χ4v) is 2.70. The van der Waals surface area contributed by atoms with Crippen LogP contribution in [0.15, 0.2) is 42.5 Å². The molecule has 0 spiro atoms. The normalized spacial score (nSPS) is 19.0. The number of ketones is 1. The summed E-state index contributed by atoms with van der Waals surface area (Å²) in [6, 6.07) is 13.3. The minimum absolute atomic E-state index is 0.187. The van der Waals surface area contributed by atoms with Gasteiger partial charge in [0.15, 0.2) is 0 Å². The van der Waals surface area contributed by atoms with E-state index in [9.17, 15) is 9.59 Å². The summed E-state index contributed by atoms with van der Waals surface area (Å²) < 4.78 is 5.50. The largest absolute Gasteiger partial charge is 0.458 e. The molecular weight excluding hydrogens is 252 g/mol. The number of fused-ring (bicyclic) bond motifs is 1. The molecule has 1 unspecified atom stereocenters. The molecule has 0 heterocycles. The fraction of sp³-hybridized carbons (Fsp3) is 0.294. The Hall–Kier alpha value is -2.16. The Labute approximate surface area is 117 Å². The van der Waals surface area contributed by atoms with Crippen molar-refractivity contribution in [3.8, 4) is 0 Å². The average molecular weight is 268 g/mol. The molecule has 0 bridgehead atoms. The second-order valence-corrected chi connectivity index (χ2v) is 5.19. The van der Waals surface area contributed by atoms with Gasteiger partial charge in [0.05, 0.1) is 5.56 Å². The molecule has 2 aromatic rings. The molecule has 2 aromatic carbocycles. The van der Waals surface area contributed by atoms with Crippen molar-refractivity contribution in [3.05, 3.63) is 48.0 Å². The van der Waals surface area contributed by atoms with Crippen LogP contribution in [0.4, 0.5) is 0 Å². The molecule has 1 atom stereocenters. The summed E-state index contributed by atoms with van der Waals surface area (Å²) in [7, 11) is 0. The highest BCUT2D eigenvalue weighted by Gasteiger charge is 2.23. The Morgan fingerprint density at radius 1 is 1.10 bits per heavy atom. The first-order chi connectivity index (χ1) is 9.74. The Balaban J connectivity index is 1.84. The molecule has 1 aliphatic carbocycles. The van der Waals surface area contributed by atoms with Gasteiger partial charge in [-0.1, -0.05) is 36.4 Å². The molecule has 1 aliphatic rings. The highest BCUT2D eigenvalue weighted by Crippen LogP contribution is 2.23. The first-order valence-corrected chi connectivity index (χ1v) is 6.94. The maximum atomic E-state index is 12.3. The van der Waals surface area contributed by atoms with E-state index in [1.54, 1.807) is 6.07 Å². The van der Waals surface area contributed by atoms with E-state index in [1.165, 1.54) is 0 Å². The molecule has 102 valence electrons. The second-order valence-electron chi connectivity index (χ2n) is 5.19. The smallest absolute Gasteiger partial charge is 0.339 e.